The van der Waals surface area contributed by atoms with Crippen molar-refractivity contribution in [1.29, 1.82) is 0 Å². The maximum absolute atomic E-state index is 5.46. The fourth-order valence-electron chi connectivity index (χ4n) is 2.75. The number of rotatable bonds is 6. The molecule has 0 aromatic heterocycles. The summed E-state index contributed by atoms with van der Waals surface area (Å²) in [6.07, 6.45) is 0. The van der Waals surface area contributed by atoms with Gasteiger partial charge in [-0.3, -0.25) is 0 Å². The normalized spacial score (nSPS) is 10.1. The number of hydrogen-bond donors (Lipinski definition) is 2. The van der Waals surface area contributed by atoms with E-state index in [1.165, 1.54) is 0 Å². The highest BCUT2D eigenvalue weighted by atomic mass is 32.1. The van der Waals surface area contributed by atoms with Gasteiger partial charge in [0.15, 0.2) is 5.11 Å². The van der Waals surface area contributed by atoms with Gasteiger partial charge >= 0.3 is 0 Å². The minimum Gasteiger partial charge on any atom is -0.497 e. The van der Waals surface area contributed by atoms with E-state index in [4.69, 9.17) is 21.7 Å². The lowest BCUT2D eigenvalue weighted by Gasteiger charge is -2.15. The molecule has 3 rings (SSSR count). The molecule has 0 bridgehead atoms. The minimum atomic E-state index is 0.529. The van der Waals surface area contributed by atoms with Gasteiger partial charge in [-0.15, -0.1) is 0 Å². The molecule has 0 fully saturated rings. The van der Waals surface area contributed by atoms with E-state index in [1.807, 2.05) is 60.7 Å². The fourth-order valence-corrected chi connectivity index (χ4v) is 2.93. The van der Waals surface area contributed by atoms with Crippen LogP contribution in [0, 0.1) is 0 Å². The number of nitrogens with one attached hydrogen (secondary N) is 2. The molecule has 4 nitrogen and oxygen atoms in total. The summed E-state index contributed by atoms with van der Waals surface area (Å²) in [5.41, 5.74) is 4.14. The Balaban J connectivity index is 1.70. The third kappa shape index (κ3) is 4.99. The SMILES string of the molecule is COc1cccc(CNC(=S)Nc2cc(-c3ccccc3)ccc2OC)c1. The predicted molar refractivity (Wildman–Crippen MR) is 114 cm³/mol. The van der Waals surface area contributed by atoms with Crippen molar-refractivity contribution in [3.8, 4) is 22.6 Å². The Morgan fingerprint density at radius 3 is 2.41 bits per heavy atom. The number of anilines is 1. The van der Waals surface area contributed by atoms with E-state index < -0.39 is 0 Å². The summed E-state index contributed by atoms with van der Waals surface area (Å²) in [6, 6.07) is 24.1. The predicted octanol–water partition coefficient (Wildman–Crippen LogP) is 4.86. The van der Waals surface area contributed by atoms with Gasteiger partial charge in [0.05, 0.1) is 19.9 Å². The molecule has 0 aliphatic rings. The summed E-state index contributed by atoms with van der Waals surface area (Å²) < 4.78 is 10.7. The summed E-state index contributed by atoms with van der Waals surface area (Å²) >= 11 is 5.45. The minimum absolute atomic E-state index is 0.529. The first kappa shape index (κ1) is 18.7. The molecule has 0 atom stereocenters. The van der Waals surface area contributed by atoms with Crippen LogP contribution in [0.15, 0.2) is 72.8 Å². The molecule has 0 heterocycles. The van der Waals surface area contributed by atoms with Crippen LogP contribution in [0.5, 0.6) is 11.5 Å². The van der Waals surface area contributed by atoms with Crippen molar-refractivity contribution in [3.05, 3.63) is 78.4 Å². The number of benzene rings is 3. The highest BCUT2D eigenvalue weighted by Gasteiger charge is 2.08. The van der Waals surface area contributed by atoms with Crippen LogP contribution in [0.3, 0.4) is 0 Å². The molecular weight excluding hydrogens is 356 g/mol. The Morgan fingerprint density at radius 2 is 1.67 bits per heavy atom. The number of thiocarbonyl (C=S) groups is 1. The van der Waals surface area contributed by atoms with Gasteiger partial charge in [0, 0.05) is 6.54 Å². The number of methoxy groups -OCH3 is 2. The lowest BCUT2D eigenvalue weighted by Crippen LogP contribution is -2.28. The number of ether oxygens (including phenoxy) is 2. The van der Waals surface area contributed by atoms with Crippen molar-refractivity contribution in [1.82, 2.24) is 5.32 Å². The summed E-state index contributed by atoms with van der Waals surface area (Å²) in [5.74, 6) is 1.56. The van der Waals surface area contributed by atoms with Crippen LogP contribution in [0.25, 0.3) is 11.1 Å². The molecule has 3 aromatic rings. The topological polar surface area (TPSA) is 42.5 Å². The van der Waals surface area contributed by atoms with E-state index in [-0.39, 0.29) is 0 Å². The maximum atomic E-state index is 5.46. The molecule has 5 heteroatoms. The van der Waals surface area contributed by atoms with Crippen molar-refractivity contribution >= 4 is 23.0 Å². The average Bonchev–Trinajstić information content (AvgIpc) is 2.73. The molecule has 0 saturated carbocycles. The van der Waals surface area contributed by atoms with Gasteiger partial charge in [-0.05, 0) is 53.2 Å². The summed E-state index contributed by atoms with van der Waals surface area (Å²) in [4.78, 5) is 0. The van der Waals surface area contributed by atoms with Crippen LogP contribution in [0.2, 0.25) is 0 Å². The Labute approximate surface area is 165 Å². The van der Waals surface area contributed by atoms with E-state index >= 15 is 0 Å². The van der Waals surface area contributed by atoms with Gasteiger partial charge in [-0.1, -0.05) is 48.5 Å². The summed E-state index contributed by atoms with van der Waals surface area (Å²) in [5, 5.41) is 6.98. The van der Waals surface area contributed by atoms with Crippen LogP contribution < -0.4 is 20.1 Å². The molecule has 3 aromatic carbocycles. The molecular formula is C22H22N2O2S. The van der Waals surface area contributed by atoms with Crippen LogP contribution in [0.1, 0.15) is 5.56 Å². The Bertz CT molecular complexity index is 913. The third-order valence-corrected chi connectivity index (χ3v) is 4.39. The van der Waals surface area contributed by atoms with Crippen LogP contribution in [0.4, 0.5) is 5.69 Å². The fraction of sp³-hybridized carbons (Fsp3) is 0.136. The highest BCUT2D eigenvalue weighted by molar-refractivity contribution is 7.80. The molecule has 0 radical (unpaired) electrons. The monoisotopic (exact) mass is 378 g/mol. The van der Waals surface area contributed by atoms with Gasteiger partial charge in [-0.2, -0.15) is 0 Å². The van der Waals surface area contributed by atoms with Gasteiger partial charge in [0.1, 0.15) is 11.5 Å². The second kappa shape index (κ2) is 9.05. The maximum Gasteiger partial charge on any atom is 0.171 e. The van der Waals surface area contributed by atoms with E-state index in [1.54, 1.807) is 14.2 Å². The molecule has 0 aliphatic heterocycles. The molecule has 0 aliphatic carbocycles. The third-order valence-electron chi connectivity index (χ3n) is 4.14. The zero-order chi connectivity index (χ0) is 19.1. The molecule has 0 spiro atoms. The van der Waals surface area contributed by atoms with Crippen molar-refractivity contribution < 1.29 is 9.47 Å². The van der Waals surface area contributed by atoms with E-state index in [9.17, 15) is 0 Å². The first-order valence-electron chi connectivity index (χ1n) is 8.61. The van der Waals surface area contributed by atoms with E-state index in [2.05, 4.69) is 22.8 Å². The second-order valence-corrected chi connectivity index (χ2v) is 6.35. The van der Waals surface area contributed by atoms with Crippen LogP contribution in [-0.2, 0) is 6.54 Å². The van der Waals surface area contributed by atoms with Crippen molar-refractivity contribution in [3.63, 3.8) is 0 Å². The molecule has 27 heavy (non-hydrogen) atoms. The molecule has 0 amide bonds. The summed E-state index contributed by atoms with van der Waals surface area (Å²) in [6.45, 7) is 0.601. The molecule has 0 unspecified atom stereocenters. The van der Waals surface area contributed by atoms with Gasteiger partial charge in [0.25, 0.3) is 0 Å². The zero-order valence-corrected chi connectivity index (χ0v) is 16.2. The molecule has 2 N–H and O–H groups in total. The smallest absolute Gasteiger partial charge is 0.171 e. The van der Waals surface area contributed by atoms with Gasteiger partial charge in [-0.25, -0.2) is 0 Å². The van der Waals surface area contributed by atoms with Crippen molar-refractivity contribution in [2.24, 2.45) is 0 Å². The van der Waals surface area contributed by atoms with Crippen LogP contribution in [-0.4, -0.2) is 19.3 Å². The standard InChI is InChI=1S/C22H22N2O2S/c1-25-19-10-6-7-16(13-19)15-23-22(27)24-20-14-18(11-12-21(20)26-2)17-8-4-3-5-9-17/h3-14H,15H2,1-2H3,(H2,23,24,27). The Hall–Kier alpha value is -3.05. The summed E-state index contributed by atoms with van der Waals surface area (Å²) in [7, 11) is 3.31. The Morgan fingerprint density at radius 1 is 0.852 bits per heavy atom. The van der Waals surface area contributed by atoms with Crippen LogP contribution >= 0.6 is 12.2 Å². The zero-order valence-electron chi connectivity index (χ0n) is 15.4. The Kier molecular flexibility index (Phi) is 6.28. The van der Waals surface area contributed by atoms with Gasteiger partial charge in [0.2, 0.25) is 0 Å². The van der Waals surface area contributed by atoms with E-state index in [0.29, 0.717) is 11.7 Å². The highest BCUT2D eigenvalue weighted by Crippen LogP contribution is 2.30. The average molecular weight is 378 g/mol. The molecule has 138 valence electrons. The van der Waals surface area contributed by atoms with Crippen molar-refractivity contribution in [2.45, 2.75) is 6.54 Å². The lowest BCUT2D eigenvalue weighted by atomic mass is 10.0. The van der Waals surface area contributed by atoms with E-state index in [0.717, 1.165) is 33.9 Å². The quantitative estimate of drug-likeness (QED) is 0.600. The van der Waals surface area contributed by atoms with Gasteiger partial charge < -0.3 is 20.1 Å². The molecule has 0 saturated heterocycles. The number of hydrogen-bond acceptors (Lipinski definition) is 3. The second-order valence-electron chi connectivity index (χ2n) is 5.94. The lowest BCUT2D eigenvalue weighted by molar-refractivity contribution is 0.414. The first-order valence-corrected chi connectivity index (χ1v) is 9.01. The first-order chi connectivity index (χ1) is 13.2. The largest absolute Gasteiger partial charge is 0.497 e. The van der Waals surface area contributed by atoms with Crippen molar-refractivity contribution in [2.75, 3.05) is 19.5 Å².